The zero-order valence-corrected chi connectivity index (χ0v) is 18.0. The minimum absolute atomic E-state index is 0.00946. The molecule has 1 heterocycles. The molecule has 0 saturated heterocycles. The summed E-state index contributed by atoms with van der Waals surface area (Å²) < 4.78 is 0.0513. The molecule has 1 aliphatic rings. The topological polar surface area (TPSA) is 49.4 Å². The molecule has 0 atom stereocenters. The zero-order chi connectivity index (χ0) is 20.3. The number of thioether (sulfide) groups is 1. The van der Waals surface area contributed by atoms with Gasteiger partial charge in [-0.15, -0.1) is 11.8 Å². The summed E-state index contributed by atoms with van der Waals surface area (Å²) in [4.78, 5) is 26.5. The average molecular weight is 417 g/mol. The Hall–Kier alpha value is -1.98. The third-order valence-corrected chi connectivity index (χ3v) is 5.98. The van der Waals surface area contributed by atoms with E-state index in [1.54, 1.807) is 11.8 Å². The summed E-state index contributed by atoms with van der Waals surface area (Å²) in [5.41, 5.74) is 3.80. The lowest BCUT2D eigenvalue weighted by atomic mass is 9.99. The van der Waals surface area contributed by atoms with Gasteiger partial charge in [-0.3, -0.25) is 9.59 Å². The van der Waals surface area contributed by atoms with E-state index in [1.165, 1.54) is 0 Å². The van der Waals surface area contributed by atoms with Gasteiger partial charge in [0.2, 0.25) is 11.8 Å². The number of halogens is 1. The number of aryl methyl sites for hydroxylation is 1. The number of carbonyl (C=O) groups is 2. The van der Waals surface area contributed by atoms with Crippen molar-refractivity contribution >= 4 is 46.6 Å². The highest BCUT2D eigenvalue weighted by atomic mass is 35.5. The fraction of sp³-hybridized carbons (Fsp3) is 0.364. The summed E-state index contributed by atoms with van der Waals surface area (Å²) in [6, 6.07) is 13.3. The maximum atomic E-state index is 12.5. The van der Waals surface area contributed by atoms with Gasteiger partial charge < -0.3 is 10.2 Å². The number of hydrogen-bond acceptors (Lipinski definition) is 3. The van der Waals surface area contributed by atoms with Gasteiger partial charge in [-0.25, -0.2) is 0 Å². The van der Waals surface area contributed by atoms with E-state index in [2.05, 4.69) is 26.1 Å². The molecule has 3 rings (SSSR count). The minimum Gasteiger partial charge on any atom is -0.325 e. The van der Waals surface area contributed by atoms with Crippen LogP contribution in [-0.4, -0.2) is 22.3 Å². The van der Waals surface area contributed by atoms with Gasteiger partial charge in [-0.2, -0.15) is 0 Å². The number of hydrogen-bond donors (Lipinski definition) is 1. The number of rotatable bonds is 5. The van der Waals surface area contributed by atoms with Gasteiger partial charge in [0.1, 0.15) is 0 Å². The lowest BCUT2D eigenvalue weighted by Gasteiger charge is -2.30. The van der Waals surface area contributed by atoms with Crippen molar-refractivity contribution < 1.29 is 9.59 Å². The molecule has 6 heteroatoms. The molecule has 2 aromatic rings. The Morgan fingerprint density at radius 1 is 1.14 bits per heavy atom. The van der Waals surface area contributed by atoms with Crippen molar-refractivity contribution in [3.63, 3.8) is 0 Å². The summed E-state index contributed by atoms with van der Waals surface area (Å²) in [5.74, 6) is 0.521. The molecule has 2 aromatic carbocycles. The van der Waals surface area contributed by atoms with Gasteiger partial charge in [0.05, 0.1) is 12.3 Å². The van der Waals surface area contributed by atoms with E-state index in [1.807, 2.05) is 47.4 Å². The summed E-state index contributed by atoms with van der Waals surface area (Å²) in [5, 5.41) is 3.65. The SMILES string of the molecule is CC(C)(C)SCC(=O)Nc1ccc2c(c1)CCC(=O)N2Cc1ccc(Cl)cc1. The van der Waals surface area contributed by atoms with Gasteiger partial charge in [0.15, 0.2) is 0 Å². The Morgan fingerprint density at radius 2 is 1.86 bits per heavy atom. The van der Waals surface area contributed by atoms with E-state index in [0.717, 1.165) is 22.5 Å². The normalized spacial score (nSPS) is 14.0. The summed E-state index contributed by atoms with van der Waals surface area (Å²) in [7, 11) is 0. The van der Waals surface area contributed by atoms with Crippen molar-refractivity contribution in [2.45, 2.75) is 44.9 Å². The molecule has 0 aliphatic carbocycles. The van der Waals surface area contributed by atoms with Crippen LogP contribution in [-0.2, 0) is 22.6 Å². The lowest BCUT2D eigenvalue weighted by Crippen LogP contribution is -2.34. The molecule has 0 spiro atoms. The number of amides is 2. The molecule has 1 N–H and O–H groups in total. The summed E-state index contributed by atoms with van der Waals surface area (Å²) in [6.07, 6.45) is 1.16. The van der Waals surface area contributed by atoms with Crippen molar-refractivity contribution in [2.24, 2.45) is 0 Å². The second-order valence-electron chi connectivity index (χ2n) is 7.90. The first-order chi connectivity index (χ1) is 13.2. The second kappa shape index (κ2) is 8.58. The van der Waals surface area contributed by atoms with Crippen molar-refractivity contribution in [1.29, 1.82) is 0 Å². The van der Waals surface area contributed by atoms with Crippen LogP contribution < -0.4 is 10.2 Å². The quantitative estimate of drug-likeness (QED) is 0.720. The van der Waals surface area contributed by atoms with Crippen LogP contribution in [0.5, 0.6) is 0 Å². The smallest absolute Gasteiger partial charge is 0.234 e. The Kier molecular flexibility index (Phi) is 6.36. The molecule has 0 radical (unpaired) electrons. The summed E-state index contributed by atoms with van der Waals surface area (Å²) >= 11 is 7.57. The fourth-order valence-corrected chi connectivity index (χ4v) is 3.82. The number of fused-ring (bicyclic) bond motifs is 1. The molecule has 4 nitrogen and oxygen atoms in total. The van der Waals surface area contributed by atoms with Gasteiger partial charge in [0.25, 0.3) is 0 Å². The third kappa shape index (κ3) is 5.52. The highest BCUT2D eigenvalue weighted by molar-refractivity contribution is 8.01. The van der Waals surface area contributed by atoms with Crippen LogP contribution >= 0.6 is 23.4 Å². The molecule has 0 unspecified atom stereocenters. The molecule has 0 aromatic heterocycles. The molecule has 0 saturated carbocycles. The number of carbonyl (C=O) groups excluding carboxylic acids is 2. The maximum Gasteiger partial charge on any atom is 0.234 e. The van der Waals surface area contributed by atoms with E-state index in [9.17, 15) is 9.59 Å². The Morgan fingerprint density at radius 3 is 2.54 bits per heavy atom. The highest BCUT2D eigenvalue weighted by Crippen LogP contribution is 2.32. The predicted molar refractivity (Wildman–Crippen MR) is 118 cm³/mol. The molecule has 28 heavy (non-hydrogen) atoms. The van der Waals surface area contributed by atoms with Crippen molar-refractivity contribution in [1.82, 2.24) is 0 Å². The number of nitrogens with zero attached hydrogens (tertiary/aromatic N) is 1. The standard InChI is InChI=1S/C22H25ClN2O2S/c1-22(2,3)28-14-20(26)24-18-9-10-19-16(12-18)6-11-21(27)25(19)13-15-4-7-17(23)8-5-15/h4-5,7-10,12H,6,11,13-14H2,1-3H3,(H,24,26). The second-order valence-corrected chi connectivity index (χ2v) is 10.1. The molecule has 0 bridgehead atoms. The maximum absolute atomic E-state index is 12.5. The molecular formula is C22H25ClN2O2S. The molecule has 1 aliphatic heterocycles. The lowest BCUT2D eigenvalue weighted by molar-refractivity contribution is -0.119. The molecule has 0 fully saturated rings. The average Bonchev–Trinajstić information content (AvgIpc) is 2.63. The van der Waals surface area contributed by atoms with Crippen LogP contribution in [0.4, 0.5) is 11.4 Å². The molecule has 2 amide bonds. The van der Waals surface area contributed by atoms with Gasteiger partial charge in [-0.05, 0) is 47.9 Å². The van der Waals surface area contributed by atoms with E-state index < -0.39 is 0 Å². The predicted octanol–water partition coefficient (Wildman–Crippen LogP) is 5.29. The van der Waals surface area contributed by atoms with Crippen LogP contribution in [0, 0.1) is 0 Å². The van der Waals surface area contributed by atoms with Gasteiger partial charge >= 0.3 is 0 Å². The van der Waals surface area contributed by atoms with Crippen LogP contribution in [0.25, 0.3) is 0 Å². The van der Waals surface area contributed by atoms with Crippen LogP contribution in [0.2, 0.25) is 5.02 Å². The number of benzene rings is 2. The fourth-order valence-electron chi connectivity index (χ4n) is 3.06. The van der Waals surface area contributed by atoms with Gasteiger partial charge in [0, 0.05) is 27.6 Å². The number of nitrogens with one attached hydrogen (secondary N) is 1. The molecule has 148 valence electrons. The Balaban J connectivity index is 1.73. The van der Waals surface area contributed by atoms with Crippen LogP contribution in [0.3, 0.4) is 0 Å². The first-order valence-corrected chi connectivity index (χ1v) is 10.7. The van der Waals surface area contributed by atoms with E-state index >= 15 is 0 Å². The number of anilines is 2. The first kappa shape index (κ1) is 20.7. The minimum atomic E-state index is -0.00946. The monoisotopic (exact) mass is 416 g/mol. The van der Waals surface area contributed by atoms with E-state index in [0.29, 0.717) is 30.2 Å². The van der Waals surface area contributed by atoms with Gasteiger partial charge in [-0.1, -0.05) is 44.5 Å². The largest absolute Gasteiger partial charge is 0.325 e. The first-order valence-electron chi connectivity index (χ1n) is 9.33. The van der Waals surface area contributed by atoms with Crippen LogP contribution in [0.1, 0.15) is 38.3 Å². The summed E-state index contributed by atoms with van der Waals surface area (Å²) in [6.45, 7) is 6.79. The third-order valence-electron chi connectivity index (χ3n) is 4.45. The van der Waals surface area contributed by atoms with E-state index in [4.69, 9.17) is 11.6 Å². The Bertz CT molecular complexity index is 875. The zero-order valence-electron chi connectivity index (χ0n) is 16.4. The highest BCUT2D eigenvalue weighted by Gasteiger charge is 2.24. The Labute approximate surface area is 175 Å². The van der Waals surface area contributed by atoms with E-state index in [-0.39, 0.29) is 16.6 Å². The van der Waals surface area contributed by atoms with Crippen molar-refractivity contribution in [2.75, 3.05) is 16.0 Å². The van der Waals surface area contributed by atoms with Crippen molar-refractivity contribution in [3.8, 4) is 0 Å². The molecular weight excluding hydrogens is 392 g/mol. The van der Waals surface area contributed by atoms with Crippen molar-refractivity contribution in [3.05, 3.63) is 58.6 Å². The van der Waals surface area contributed by atoms with Crippen LogP contribution in [0.15, 0.2) is 42.5 Å².